The van der Waals surface area contributed by atoms with Gasteiger partial charge in [0.25, 0.3) is 5.91 Å². The third-order valence-corrected chi connectivity index (χ3v) is 5.58. The molecule has 2 N–H and O–H groups in total. The molecule has 160 valence electrons. The fraction of sp³-hybridized carbons (Fsp3) is 0.609. The first-order valence-corrected chi connectivity index (χ1v) is 10.2. The van der Waals surface area contributed by atoms with E-state index in [2.05, 4.69) is 31.4 Å². The van der Waals surface area contributed by atoms with E-state index in [9.17, 15) is 14.4 Å². The van der Waals surface area contributed by atoms with E-state index in [-0.39, 0.29) is 35.5 Å². The zero-order valence-electron chi connectivity index (χ0n) is 18.6. The van der Waals surface area contributed by atoms with Crippen molar-refractivity contribution in [2.24, 2.45) is 5.92 Å². The highest BCUT2D eigenvalue weighted by molar-refractivity contribution is 6.00. The molecule has 0 aromatic heterocycles. The fourth-order valence-electron chi connectivity index (χ4n) is 3.32. The van der Waals surface area contributed by atoms with Crippen LogP contribution in [0.4, 0.5) is 0 Å². The summed E-state index contributed by atoms with van der Waals surface area (Å²) in [4.78, 5) is 37.9. The summed E-state index contributed by atoms with van der Waals surface area (Å²) in [5, 5.41) is 5.66. The first-order chi connectivity index (χ1) is 13.3. The molecule has 2 amide bonds. The van der Waals surface area contributed by atoms with Crippen molar-refractivity contribution >= 4 is 17.6 Å². The van der Waals surface area contributed by atoms with Crippen molar-refractivity contribution in [2.75, 3.05) is 6.61 Å². The Morgan fingerprint density at radius 3 is 2.24 bits per heavy atom. The lowest BCUT2D eigenvalue weighted by Gasteiger charge is -2.30. The Bertz CT molecular complexity index is 764. The number of hydrogen-bond donors (Lipinski definition) is 2. The molecule has 6 heteroatoms. The number of ketones is 1. The van der Waals surface area contributed by atoms with Gasteiger partial charge >= 0.3 is 0 Å². The summed E-state index contributed by atoms with van der Waals surface area (Å²) < 4.78 is 5.38. The largest absolute Gasteiger partial charge is 0.368 e. The van der Waals surface area contributed by atoms with Crippen LogP contribution in [0.5, 0.6) is 0 Å². The van der Waals surface area contributed by atoms with Gasteiger partial charge in [-0.05, 0) is 49.3 Å². The molecule has 1 aliphatic rings. The molecule has 0 spiro atoms. The van der Waals surface area contributed by atoms with Crippen molar-refractivity contribution in [3.63, 3.8) is 0 Å². The molecule has 1 heterocycles. The van der Waals surface area contributed by atoms with Crippen LogP contribution in [0.3, 0.4) is 0 Å². The predicted molar refractivity (Wildman–Crippen MR) is 113 cm³/mol. The van der Waals surface area contributed by atoms with Crippen molar-refractivity contribution in [3.8, 4) is 0 Å². The molecule has 1 aromatic rings. The quantitative estimate of drug-likeness (QED) is 0.766. The summed E-state index contributed by atoms with van der Waals surface area (Å²) in [5.74, 6) is -0.647. The van der Waals surface area contributed by atoms with E-state index in [0.29, 0.717) is 12.0 Å². The molecule has 0 unspecified atom stereocenters. The number of ether oxygens (including phenoxy) is 1. The highest BCUT2D eigenvalue weighted by atomic mass is 16.5. The number of rotatable bonds is 6. The normalized spacial score (nSPS) is 23.2. The van der Waals surface area contributed by atoms with Crippen LogP contribution in [-0.2, 0) is 19.7 Å². The van der Waals surface area contributed by atoms with Gasteiger partial charge in [-0.25, -0.2) is 0 Å². The third-order valence-electron chi connectivity index (χ3n) is 5.58. The minimum atomic E-state index is -1.08. The van der Waals surface area contributed by atoms with E-state index in [4.69, 9.17) is 4.74 Å². The van der Waals surface area contributed by atoms with Gasteiger partial charge in [-0.3, -0.25) is 14.4 Å². The second kappa shape index (κ2) is 8.66. The second-order valence-corrected chi connectivity index (χ2v) is 9.55. The molecule has 2 rings (SSSR count). The van der Waals surface area contributed by atoms with Gasteiger partial charge in [-0.2, -0.15) is 0 Å². The zero-order chi connectivity index (χ0) is 22.0. The van der Waals surface area contributed by atoms with E-state index >= 15 is 0 Å². The molecule has 1 saturated heterocycles. The minimum absolute atomic E-state index is 0.00288. The lowest BCUT2D eigenvalue weighted by atomic mass is 9.86. The molecule has 0 aliphatic carbocycles. The maximum Gasteiger partial charge on any atom is 0.251 e. The Morgan fingerprint density at radius 1 is 1.21 bits per heavy atom. The van der Waals surface area contributed by atoms with Crippen molar-refractivity contribution in [2.45, 2.75) is 78.0 Å². The van der Waals surface area contributed by atoms with Gasteiger partial charge in [0.2, 0.25) is 5.91 Å². The molecule has 29 heavy (non-hydrogen) atoms. The molecular weight excluding hydrogens is 368 g/mol. The summed E-state index contributed by atoms with van der Waals surface area (Å²) in [7, 11) is 0. The van der Waals surface area contributed by atoms with Gasteiger partial charge in [0.05, 0.1) is 6.10 Å². The molecule has 6 nitrogen and oxygen atoms in total. The highest BCUT2D eigenvalue weighted by Crippen LogP contribution is 2.23. The molecular formula is C23H34N2O4. The standard InChI is InChI=1S/C23H34N2O4/c1-14(2)12-18(21(28)25-23(7)15(3)29-13-19(23)26)24-20(27)16-8-10-17(11-9-16)22(4,5)6/h8-11,14-15,18H,12-13H2,1-7H3,(H,24,27)(H,25,28)/t15-,18-,23+/m0/s1. The Labute approximate surface area is 173 Å². The van der Waals surface area contributed by atoms with E-state index in [1.807, 2.05) is 26.0 Å². The Balaban J connectivity index is 2.14. The number of carbonyl (C=O) groups is 3. The lowest BCUT2D eigenvalue weighted by Crippen LogP contribution is -2.60. The van der Waals surface area contributed by atoms with Crippen LogP contribution in [0, 0.1) is 5.92 Å². The Kier molecular flexibility index (Phi) is 6.89. The van der Waals surface area contributed by atoms with Gasteiger partial charge in [0.15, 0.2) is 5.78 Å². The first kappa shape index (κ1) is 23.1. The van der Waals surface area contributed by atoms with Gasteiger partial charge in [-0.15, -0.1) is 0 Å². The zero-order valence-corrected chi connectivity index (χ0v) is 18.6. The monoisotopic (exact) mass is 402 g/mol. The van der Waals surface area contributed by atoms with E-state index < -0.39 is 17.7 Å². The van der Waals surface area contributed by atoms with Crippen molar-refractivity contribution in [1.29, 1.82) is 0 Å². The molecule has 1 aliphatic heterocycles. The highest BCUT2D eigenvalue weighted by Gasteiger charge is 2.47. The molecule has 1 aromatic carbocycles. The molecule has 1 fully saturated rings. The number of benzene rings is 1. The average molecular weight is 403 g/mol. The van der Waals surface area contributed by atoms with Crippen LogP contribution >= 0.6 is 0 Å². The summed E-state index contributed by atoms with van der Waals surface area (Å²) in [6.07, 6.45) is 0.0521. The minimum Gasteiger partial charge on any atom is -0.368 e. The Morgan fingerprint density at radius 2 is 1.79 bits per heavy atom. The van der Waals surface area contributed by atoms with E-state index in [1.165, 1.54) is 0 Å². The molecule has 0 saturated carbocycles. The third kappa shape index (κ3) is 5.44. The molecule has 0 radical (unpaired) electrons. The molecule has 3 atom stereocenters. The van der Waals surface area contributed by atoms with Gasteiger partial charge in [-0.1, -0.05) is 46.8 Å². The summed E-state index contributed by atoms with van der Waals surface area (Å²) in [6.45, 7) is 13.7. The molecule has 0 bridgehead atoms. The van der Waals surface area contributed by atoms with Crippen molar-refractivity contribution in [3.05, 3.63) is 35.4 Å². The van der Waals surface area contributed by atoms with Crippen LogP contribution in [0.2, 0.25) is 0 Å². The van der Waals surface area contributed by atoms with Crippen LogP contribution in [0.1, 0.15) is 70.8 Å². The van der Waals surface area contributed by atoms with Gasteiger partial charge < -0.3 is 15.4 Å². The average Bonchev–Trinajstić information content (AvgIpc) is 2.87. The van der Waals surface area contributed by atoms with Crippen molar-refractivity contribution in [1.82, 2.24) is 10.6 Å². The summed E-state index contributed by atoms with van der Waals surface area (Å²) in [6, 6.07) is 6.69. The first-order valence-electron chi connectivity index (χ1n) is 10.2. The Hall–Kier alpha value is -2.21. The van der Waals surface area contributed by atoms with Crippen LogP contribution < -0.4 is 10.6 Å². The van der Waals surface area contributed by atoms with Gasteiger partial charge in [0.1, 0.15) is 18.2 Å². The smallest absolute Gasteiger partial charge is 0.251 e. The number of Topliss-reactive ketones (excluding diaryl/α,β-unsaturated/α-hetero) is 1. The second-order valence-electron chi connectivity index (χ2n) is 9.55. The number of hydrogen-bond acceptors (Lipinski definition) is 4. The summed E-state index contributed by atoms with van der Waals surface area (Å²) >= 11 is 0. The topological polar surface area (TPSA) is 84.5 Å². The van der Waals surface area contributed by atoms with Crippen molar-refractivity contribution < 1.29 is 19.1 Å². The number of carbonyl (C=O) groups excluding carboxylic acids is 3. The van der Waals surface area contributed by atoms with Crippen LogP contribution in [-0.4, -0.2) is 41.9 Å². The summed E-state index contributed by atoms with van der Waals surface area (Å²) in [5.41, 5.74) is 0.550. The lowest BCUT2D eigenvalue weighted by molar-refractivity contribution is -0.130. The van der Waals surface area contributed by atoms with E-state index in [1.54, 1.807) is 26.0 Å². The van der Waals surface area contributed by atoms with E-state index in [0.717, 1.165) is 5.56 Å². The number of nitrogens with one attached hydrogen (secondary N) is 2. The predicted octanol–water partition coefficient (Wildman–Crippen LogP) is 2.99. The SMILES string of the molecule is CC(C)C[C@H](NC(=O)c1ccc(C(C)(C)C)cc1)C(=O)N[C@@]1(C)C(=O)CO[C@H]1C. The van der Waals surface area contributed by atoms with Gasteiger partial charge in [0, 0.05) is 5.56 Å². The van der Waals surface area contributed by atoms with Crippen LogP contribution in [0.15, 0.2) is 24.3 Å². The maximum atomic E-state index is 12.9. The maximum absolute atomic E-state index is 12.9. The van der Waals surface area contributed by atoms with Crippen LogP contribution in [0.25, 0.3) is 0 Å². The number of amides is 2. The fourth-order valence-corrected chi connectivity index (χ4v) is 3.32.